The molecular formula is C16H25NO. The van der Waals surface area contributed by atoms with Crippen molar-refractivity contribution in [1.82, 2.24) is 0 Å². The van der Waals surface area contributed by atoms with Crippen molar-refractivity contribution in [2.24, 2.45) is 0 Å². The van der Waals surface area contributed by atoms with Crippen molar-refractivity contribution in [3.63, 3.8) is 0 Å². The van der Waals surface area contributed by atoms with Gasteiger partial charge in [-0.2, -0.15) is 0 Å². The molecule has 0 saturated heterocycles. The number of rotatable bonds is 5. The van der Waals surface area contributed by atoms with Crippen LogP contribution in [0.25, 0.3) is 0 Å². The molecule has 2 nitrogen and oxygen atoms in total. The molecule has 2 heteroatoms. The molecule has 0 aliphatic heterocycles. The fourth-order valence-electron chi connectivity index (χ4n) is 2.57. The Morgan fingerprint density at radius 3 is 2.44 bits per heavy atom. The average Bonchev–Trinajstić information content (AvgIpc) is 2.66. The van der Waals surface area contributed by atoms with E-state index in [1.807, 2.05) is 6.07 Å². The summed E-state index contributed by atoms with van der Waals surface area (Å²) >= 11 is 0. The van der Waals surface area contributed by atoms with Crippen LogP contribution < -0.4 is 5.32 Å². The fourth-order valence-corrected chi connectivity index (χ4v) is 2.57. The second-order valence-electron chi connectivity index (χ2n) is 5.31. The molecular weight excluding hydrogens is 222 g/mol. The predicted octanol–water partition coefficient (Wildman–Crippen LogP) is 4.23. The van der Waals surface area contributed by atoms with Crippen molar-refractivity contribution in [3.05, 3.63) is 30.3 Å². The quantitative estimate of drug-likeness (QED) is 0.786. The standard InChI is InChI=1S/C16H25NO/c1-14(13-17-15-9-5-4-6-10-15)18-16-11-7-2-3-8-12-16/h4-6,9-10,14,16-17H,2-3,7-8,11-13H2,1H3. The van der Waals surface area contributed by atoms with E-state index < -0.39 is 0 Å². The third-order valence-corrected chi connectivity index (χ3v) is 3.59. The summed E-state index contributed by atoms with van der Waals surface area (Å²) in [5.41, 5.74) is 1.17. The van der Waals surface area contributed by atoms with Gasteiger partial charge in [0.1, 0.15) is 0 Å². The SMILES string of the molecule is CC(CNc1ccccc1)OC1CCCCCC1. The van der Waals surface area contributed by atoms with Gasteiger partial charge in [-0.25, -0.2) is 0 Å². The Balaban J connectivity index is 1.69. The first-order valence-corrected chi connectivity index (χ1v) is 7.29. The summed E-state index contributed by atoms with van der Waals surface area (Å²) in [5.74, 6) is 0. The number of hydrogen-bond acceptors (Lipinski definition) is 2. The summed E-state index contributed by atoms with van der Waals surface area (Å²) in [7, 11) is 0. The van der Waals surface area contributed by atoms with E-state index in [4.69, 9.17) is 4.74 Å². The van der Waals surface area contributed by atoms with E-state index in [9.17, 15) is 0 Å². The molecule has 100 valence electrons. The lowest BCUT2D eigenvalue weighted by Crippen LogP contribution is -2.25. The first-order valence-electron chi connectivity index (χ1n) is 7.29. The molecule has 0 aromatic heterocycles. The number of hydrogen-bond donors (Lipinski definition) is 1. The highest BCUT2D eigenvalue weighted by molar-refractivity contribution is 5.42. The Labute approximate surface area is 111 Å². The highest BCUT2D eigenvalue weighted by atomic mass is 16.5. The second kappa shape index (κ2) is 7.42. The predicted molar refractivity (Wildman–Crippen MR) is 77.0 cm³/mol. The van der Waals surface area contributed by atoms with Crippen LogP contribution in [0.3, 0.4) is 0 Å². The zero-order valence-corrected chi connectivity index (χ0v) is 11.4. The number of para-hydroxylation sites is 1. The van der Waals surface area contributed by atoms with E-state index in [0.717, 1.165) is 6.54 Å². The number of benzene rings is 1. The van der Waals surface area contributed by atoms with Crippen LogP contribution in [-0.4, -0.2) is 18.8 Å². The maximum Gasteiger partial charge on any atom is 0.0723 e. The second-order valence-corrected chi connectivity index (χ2v) is 5.31. The normalized spacial score (nSPS) is 19.2. The number of anilines is 1. The maximum atomic E-state index is 6.13. The molecule has 1 unspecified atom stereocenters. The average molecular weight is 247 g/mol. The summed E-state index contributed by atoms with van der Waals surface area (Å²) in [5, 5.41) is 3.42. The van der Waals surface area contributed by atoms with E-state index in [2.05, 4.69) is 36.5 Å². The monoisotopic (exact) mass is 247 g/mol. The van der Waals surface area contributed by atoms with Gasteiger partial charge in [0.05, 0.1) is 12.2 Å². The molecule has 0 radical (unpaired) electrons. The van der Waals surface area contributed by atoms with Crippen LogP contribution in [0.2, 0.25) is 0 Å². The zero-order valence-electron chi connectivity index (χ0n) is 11.4. The molecule has 1 atom stereocenters. The van der Waals surface area contributed by atoms with Crippen LogP contribution in [0.4, 0.5) is 5.69 Å². The Bertz CT molecular complexity index is 317. The largest absolute Gasteiger partial charge is 0.382 e. The van der Waals surface area contributed by atoms with Crippen LogP contribution >= 0.6 is 0 Å². The molecule has 1 fully saturated rings. The lowest BCUT2D eigenvalue weighted by Gasteiger charge is -2.21. The Kier molecular flexibility index (Phi) is 5.53. The fraction of sp³-hybridized carbons (Fsp3) is 0.625. The Morgan fingerprint density at radius 2 is 1.78 bits per heavy atom. The molecule has 1 aliphatic carbocycles. The molecule has 1 aromatic rings. The Morgan fingerprint density at radius 1 is 1.11 bits per heavy atom. The molecule has 18 heavy (non-hydrogen) atoms. The van der Waals surface area contributed by atoms with Gasteiger partial charge >= 0.3 is 0 Å². The highest BCUT2D eigenvalue weighted by Gasteiger charge is 2.15. The molecule has 1 saturated carbocycles. The van der Waals surface area contributed by atoms with Crippen LogP contribution in [0.1, 0.15) is 45.4 Å². The smallest absolute Gasteiger partial charge is 0.0723 e. The summed E-state index contributed by atoms with van der Waals surface area (Å²) in [6.45, 7) is 3.06. The molecule has 1 N–H and O–H groups in total. The van der Waals surface area contributed by atoms with Gasteiger partial charge in [0.25, 0.3) is 0 Å². The topological polar surface area (TPSA) is 21.3 Å². The van der Waals surface area contributed by atoms with Crippen LogP contribution in [0.15, 0.2) is 30.3 Å². The van der Waals surface area contributed by atoms with Gasteiger partial charge in [-0.15, -0.1) is 0 Å². The summed E-state index contributed by atoms with van der Waals surface area (Å²) in [6, 6.07) is 10.3. The molecule has 0 amide bonds. The lowest BCUT2D eigenvalue weighted by atomic mass is 10.1. The van der Waals surface area contributed by atoms with Crippen molar-refractivity contribution in [2.45, 2.75) is 57.7 Å². The van der Waals surface area contributed by atoms with Gasteiger partial charge in [-0.1, -0.05) is 43.9 Å². The van der Waals surface area contributed by atoms with Crippen molar-refractivity contribution < 1.29 is 4.74 Å². The van der Waals surface area contributed by atoms with Crippen molar-refractivity contribution in [3.8, 4) is 0 Å². The summed E-state index contributed by atoms with van der Waals surface area (Å²) < 4.78 is 6.13. The van der Waals surface area contributed by atoms with Crippen molar-refractivity contribution in [2.75, 3.05) is 11.9 Å². The van der Waals surface area contributed by atoms with E-state index in [1.54, 1.807) is 0 Å². The van der Waals surface area contributed by atoms with Crippen LogP contribution in [0, 0.1) is 0 Å². The Hall–Kier alpha value is -1.02. The van der Waals surface area contributed by atoms with Gasteiger partial charge in [0.15, 0.2) is 0 Å². The lowest BCUT2D eigenvalue weighted by molar-refractivity contribution is -0.00281. The number of nitrogens with one attached hydrogen (secondary N) is 1. The van der Waals surface area contributed by atoms with Gasteiger partial charge < -0.3 is 10.1 Å². The molecule has 0 bridgehead atoms. The minimum atomic E-state index is 0.285. The summed E-state index contributed by atoms with van der Waals surface area (Å²) in [4.78, 5) is 0. The minimum Gasteiger partial charge on any atom is -0.382 e. The summed E-state index contributed by atoms with van der Waals surface area (Å²) in [6.07, 6.45) is 8.71. The first kappa shape index (κ1) is 13.4. The van der Waals surface area contributed by atoms with Gasteiger partial charge in [-0.3, -0.25) is 0 Å². The molecule has 0 heterocycles. The molecule has 2 rings (SSSR count). The van der Waals surface area contributed by atoms with E-state index in [1.165, 1.54) is 44.2 Å². The third-order valence-electron chi connectivity index (χ3n) is 3.59. The number of ether oxygens (including phenoxy) is 1. The van der Waals surface area contributed by atoms with Gasteiger partial charge in [0.2, 0.25) is 0 Å². The van der Waals surface area contributed by atoms with E-state index >= 15 is 0 Å². The van der Waals surface area contributed by atoms with Crippen molar-refractivity contribution >= 4 is 5.69 Å². The first-order chi connectivity index (χ1) is 8.84. The molecule has 1 aliphatic rings. The van der Waals surface area contributed by atoms with Gasteiger partial charge in [-0.05, 0) is 31.9 Å². The van der Waals surface area contributed by atoms with Crippen molar-refractivity contribution in [1.29, 1.82) is 0 Å². The van der Waals surface area contributed by atoms with Crippen LogP contribution in [-0.2, 0) is 4.74 Å². The van der Waals surface area contributed by atoms with E-state index in [-0.39, 0.29) is 6.10 Å². The molecule has 0 spiro atoms. The maximum absolute atomic E-state index is 6.13. The van der Waals surface area contributed by atoms with Gasteiger partial charge in [0, 0.05) is 12.2 Å². The molecule has 1 aromatic carbocycles. The minimum absolute atomic E-state index is 0.285. The van der Waals surface area contributed by atoms with Crippen LogP contribution in [0.5, 0.6) is 0 Å². The third kappa shape index (κ3) is 4.69. The highest BCUT2D eigenvalue weighted by Crippen LogP contribution is 2.21. The van der Waals surface area contributed by atoms with E-state index in [0.29, 0.717) is 6.10 Å². The zero-order chi connectivity index (χ0) is 12.6.